The van der Waals surface area contributed by atoms with Crippen molar-refractivity contribution in [1.29, 1.82) is 0 Å². The third kappa shape index (κ3) is 4.12. The van der Waals surface area contributed by atoms with Crippen molar-refractivity contribution >= 4 is 40.6 Å². The number of thiazole rings is 1. The Morgan fingerprint density at radius 1 is 0.921 bits per heavy atom. The number of nitrogens with one attached hydrogen (secondary N) is 1. The molecule has 0 saturated carbocycles. The summed E-state index contributed by atoms with van der Waals surface area (Å²) < 4.78 is 11.8. The van der Waals surface area contributed by atoms with Crippen LogP contribution in [0.4, 0.5) is 5.69 Å². The van der Waals surface area contributed by atoms with Gasteiger partial charge in [0.2, 0.25) is 11.8 Å². The van der Waals surface area contributed by atoms with Gasteiger partial charge in [0.15, 0.2) is 11.5 Å². The maximum atomic E-state index is 13.8. The summed E-state index contributed by atoms with van der Waals surface area (Å²) >= 11 is 2.35. The number of ether oxygens (including phenoxy) is 2. The number of para-hydroxylation sites is 1. The number of carbonyl (C=O) groups is 2. The van der Waals surface area contributed by atoms with Crippen molar-refractivity contribution in [3.63, 3.8) is 0 Å². The lowest BCUT2D eigenvalue weighted by Crippen LogP contribution is -2.32. The lowest BCUT2D eigenvalue weighted by Gasteiger charge is -2.30. The van der Waals surface area contributed by atoms with Crippen molar-refractivity contribution < 1.29 is 19.1 Å². The summed E-state index contributed by atoms with van der Waals surface area (Å²) in [5.74, 6) is -0.590. The van der Waals surface area contributed by atoms with Crippen LogP contribution in [-0.2, 0) is 16.2 Å². The Kier molecular flexibility index (Phi) is 6.33. The van der Waals surface area contributed by atoms with Crippen molar-refractivity contribution in [1.82, 2.24) is 4.98 Å². The number of anilines is 1. The van der Waals surface area contributed by atoms with E-state index in [4.69, 9.17) is 9.47 Å². The monoisotopic (exact) mass is 544 g/mol. The van der Waals surface area contributed by atoms with Crippen LogP contribution in [0.15, 0.2) is 82.6 Å². The number of nitrogens with zero attached hydrogens (tertiary/aromatic N) is 1. The van der Waals surface area contributed by atoms with Gasteiger partial charge in [0.25, 0.3) is 0 Å². The summed E-state index contributed by atoms with van der Waals surface area (Å²) in [5.41, 5.74) is 3.54. The van der Waals surface area contributed by atoms with Crippen LogP contribution in [0.2, 0.25) is 0 Å². The number of imide groups is 1. The number of H-pyrrole nitrogens is 1. The summed E-state index contributed by atoms with van der Waals surface area (Å²) in [6.07, 6.45) is 0. The van der Waals surface area contributed by atoms with Gasteiger partial charge in [-0.3, -0.25) is 14.4 Å². The van der Waals surface area contributed by atoms with Crippen LogP contribution in [0.25, 0.3) is 0 Å². The van der Waals surface area contributed by atoms with E-state index in [1.165, 1.54) is 16.7 Å². The van der Waals surface area contributed by atoms with Gasteiger partial charge in [0.1, 0.15) is 11.9 Å². The highest BCUT2D eigenvalue weighted by Crippen LogP contribution is 2.53. The number of benzene rings is 3. The van der Waals surface area contributed by atoms with Gasteiger partial charge in [-0.1, -0.05) is 71.6 Å². The first-order valence-electron chi connectivity index (χ1n) is 12.1. The number of hydrogen-bond acceptors (Lipinski definition) is 7. The third-order valence-electron chi connectivity index (χ3n) is 7.03. The second kappa shape index (κ2) is 9.81. The minimum absolute atomic E-state index is 0.211. The molecule has 7 nitrogen and oxygen atoms in total. The Labute approximate surface area is 227 Å². The minimum atomic E-state index is -0.657. The summed E-state index contributed by atoms with van der Waals surface area (Å²) in [6.45, 7) is 2.42. The molecule has 1 fully saturated rings. The van der Waals surface area contributed by atoms with Crippen LogP contribution in [-0.4, -0.2) is 29.2 Å². The fourth-order valence-electron chi connectivity index (χ4n) is 5.13. The van der Waals surface area contributed by atoms with Crippen molar-refractivity contribution in [2.75, 3.05) is 12.0 Å². The highest BCUT2D eigenvalue weighted by molar-refractivity contribution is 8.00. The van der Waals surface area contributed by atoms with Crippen molar-refractivity contribution in [3.8, 4) is 11.5 Å². The van der Waals surface area contributed by atoms with Gasteiger partial charge in [-0.05, 0) is 47.9 Å². The Bertz CT molecular complexity index is 1600. The normalized spacial score (nSPS) is 20.3. The molecular weight excluding hydrogens is 520 g/mol. The van der Waals surface area contributed by atoms with Crippen molar-refractivity contribution in [2.45, 2.75) is 29.7 Å². The maximum Gasteiger partial charge on any atom is 0.305 e. The van der Waals surface area contributed by atoms with Crippen LogP contribution >= 0.6 is 23.1 Å². The standard InChI is InChI=1S/C29H24N2O5S2/c1-16-8-6-7-9-18(16)15-36-20-13-12-17(14-21(20)35-2)22-23-25(37-26-24(22)38-29(34)30-26)28(33)31(27(23)32)19-10-4-3-5-11-19/h3-14,22-23,25H,15H2,1-2H3,(H,30,34)/t22-,23-,25+/m0/s1. The molecule has 2 aliphatic heterocycles. The highest BCUT2D eigenvalue weighted by Gasteiger charge is 2.56. The third-order valence-corrected chi connectivity index (χ3v) is 9.43. The predicted octanol–water partition coefficient (Wildman–Crippen LogP) is 5.13. The molecule has 0 spiro atoms. The number of thioether (sulfide) groups is 1. The van der Waals surface area contributed by atoms with Gasteiger partial charge in [0, 0.05) is 10.8 Å². The Hall–Kier alpha value is -3.82. The molecule has 3 heterocycles. The van der Waals surface area contributed by atoms with E-state index in [0.717, 1.165) is 32.9 Å². The van der Waals surface area contributed by atoms with E-state index in [1.54, 1.807) is 31.4 Å². The smallest absolute Gasteiger partial charge is 0.305 e. The summed E-state index contributed by atoms with van der Waals surface area (Å²) in [7, 11) is 1.57. The van der Waals surface area contributed by atoms with Crippen molar-refractivity contribution in [2.24, 2.45) is 5.92 Å². The number of fused-ring (bicyclic) bond motifs is 2. The van der Waals surface area contributed by atoms with E-state index in [9.17, 15) is 14.4 Å². The summed E-state index contributed by atoms with van der Waals surface area (Å²) in [5, 5.41) is -0.00501. The van der Waals surface area contributed by atoms with Crippen LogP contribution in [0, 0.1) is 12.8 Å². The minimum Gasteiger partial charge on any atom is -0.493 e. The SMILES string of the molecule is COc1cc([C@@H]2c3sc(=O)[nH]c3S[C@H]3C(=O)N(c4ccccc4)C(=O)[C@@H]23)ccc1OCc1ccccc1C. The molecule has 0 aliphatic carbocycles. The molecule has 0 unspecified atom stereocenters. The van der Waals surface area contributed by atoms with E-state index >= 15 is 0 Å². The molecule has 2 aliphatic rings. The van der Waals surface area contributed by atoms with Gasteiger partial charge < -0.3 is 14.5 Å². The number of rotatable bonds is 6. The molecule has 38 heavy (non-hydrogen) atoms. The topological polar surface area (TPSA) is 88.7 Å². The lowest BCUT2D eigenvalue weighted by molar-refractivity contribution is -0.122. The number of methoxy groups -OCH3 is 1. The van der Waals surface area contributed by atoms with E-state index in [2.05, 4.69) is 4.98 Å². The van der Waals surface area contributed by atoms with E-state index < -0.39 is 17.1 Å². The summed E-state index contributed by atoms with van der Waals surface area (Å²) in [4.78, 5) is 44.4. The quantitative estimate of drug-likeness (QED) is 0.339. The molecule has 1 N–H and O–H groups in total. The largest absolute Gasteiger partial charge is 0.493 e. The molecule has 1 aromatic heterocycles. The second-order valence-corrected chi connectivity index (χ2v) is 11.4. The number of aryl methyl sites for hydroxylation is 1. The summed E-state index contributed by atoms with van der Waals surface area (Å²) in [6, 6.07) is 22.6. The van der Waals surface area contributed by atoms with E-state index in [1.807, 2.05) is 55.5 Å². The molecule has 6 rings (SSSR count). The number of hydrogen-bond donors (Lipinski definition) is 1. The lowest BCUT2D eigenvalue weighted by atomic mass is 9.83. The molecule has 0 radical (unpaired) electrons. The first-order valence-corrected chi connectivity index (χ1v) is 13.8. The molecule has 9 heteroatoms. The number of amides is 2. The van der Waals surface area contributed by atoms with Gasteiger partial charge >= 0.3 is 4.87 Å². The van der Waals surface area contributed by atoms with E-state index in [-0.39, 0.29) is 16.7 Å². The van der Waals surface area contributed by atoms with Gasteiger partial charge in [0.05, 0.1) is 23.7 Å². The molecule has 0 bridgehead atoms. The highest BCUT2D eigenvalue weighted by atomic mass is 32.2. The Morgan fingerprint density at radius 3 is 2.45 bits per heavy atom. The van der Waals surface area contributed by atoms with E-state index in [0.29, 0.717) is 28.8 Å². The molecule has 4 aromatic rings. The van der Waals surface area contributed by atoms with Crippen LogP contribution < -0.4 is 19.2 Å². The Balaban J connectivity index is 1.38. The van der Waals surface area contributed by atoms with Crippen LogP contribution in [0.3, 0.4) is 0 Å². The Morgan fingerprint density at radius 2 is 1.68 bits per heavy atom. The first-order chi connectivity index (χ1) is 18.5. The molecule has 192 valence electrons. The zero-order valence-electron chi connectivity index (χ0n) is 20.7. The molecule has 3 aromatic carbocycles. The van der Waals surface area contributed by atoms with Gasteiger partial charge in [-0.15, -0.1) is 0 Å². The van der Waals surface area contributed by atoms with Crippen LogP contribution in [0.1, 0.15) is 27.5 Å². The predicted molar refractivity (Wildman–Crippen MR) is 147 cm³/mol. The van der Waals surface area contributed by atoms with Gasteiger partial charge in [-0.25, -0.2) is 4.90 Å². The fraction of sp³-hybridized carbons (Fsp3) is 0.207. The molecule has 2 amide bonds. The van der Waals surface area contributed by atoms with Crippen LogP contribution in [0.5, 0.6) is 11.5 Å². The molecular formula is C29H24N2O5S2. The number of aromatic amines is 1. The molecule has 1 saturated heterocycles. The number of carbonyl (C=O) groups excluding carboxylic acids is 2. The molecule has 3 atom stereocenters. The second-order valence-electron chi connectivity index (χ2n) is 9.22. The average Bonchev–Trinajstić information content (AvgIpc) is 3.42. The average molecular weight is 545 g/mol. The maximum absolute atomic E-state index is 13.8. The zero-order chi connectivity index (χ0) is 26.4. The fourth-order valence-corrected chi connectivity index (χ4v) is 7.65. The van der Waals surface area contributed by atoms with Gasteiger partial charge in [-0.2, -0.15) is 0 Å². The van der Waals surface area contributed by atoms with Crippen molar-refractivity contribution in [3.05, 3.63) is 104 Å². The first kappa shape index (κ1) is 24.5. The number of aromatic nitrogens is 1. The zero-order valence-corrected chi connectivity index (χ0v) is 22.3.